The fourth-order valence-corrected chi connectivity index (χ4v) is 3.58. The van der Waals surface area contributed by atoms with Gasteiger partial charge in [-0.15, -0.1) is 0 Å². The largest absolute Gasteiger partial charge is 0.497 e. The number of hydrogen-bond donors (Lipinski definition) is 1. The first-order valence-corrected chi connectivity index (χ1v) is 7.83. The molecule has 0 amide bonds. The molecule has 3 nitrogen and oxygen atoms in total. The average Bonchev–Trinajstić information content (AvgIpc) is 3.04. The molecule has 1 unspecified atom stereocenters. The summed E-state index contributed by atoms with van der Waals surface area (Å²) in [6, 6.07) is 8.46. The quantitative estimate of drug-likeness (QED) is 0.715. The zero-order valence-corrected chi connectivity index (χ0v) is 13.1. The van der Waals surface area contributed by atoms with E-state index in [1.165, 1.54) is 5.56 Å². The summed E-state index contributed by atoms with van der Waals surface area (Å²) >= 11 is 7.20. The number of ether oxygens (including phenoxy) is 1. The van der Waals surface area contributed by atoms with Crippen molar-refractivity contribution in [1.82, 2.24) is 9.55 Å². The lowest BCUT2D eigenvalue weighted by molar-refractivity contribution is 0.415. The summed E-state index contributed by atoms with van der Waals surface area (Å²) in [5, 5.41) is 4.30. The van der Waals surface area contributed by atoms with Crippen molar-refractivity contribution in [2.45, 2.75) is 19.4 Å². The first-order chi connectivity index (χ1) is 9.69. The first-order valence-electron chi connectivity index (χ1n) is 6.48. The summed E-state index contributed by atoms with van der Waals surface area (Å²) in [6.07, 6.45) is 0.974. The number of rotatable bonds is 4. The van der Waals surface area contributed by atoms with Gasteiger partial charge in [0, 0.05) is 12.1 Å². The number of benzene rings is 1. The number of aromatic amines is 1. The second-order valence-corrected chi connectivity index (χ2v) is 6.03. The maximum atomic E-state index is 5.47. The van der Waals surface area contributed by atoms with Crippen molar-refractivity contribution in [2.75, 3.05) is 7.11 Å². The molecule has 0 aliphatic carbocycles. The third kappa shape index (κ3) is 2.39. The number of thiophene rings is 1. The number of fused-ring (bicyclic) bond motifs is 1. The van der Waals surface area contributed by atoms with E-state index in [0.717, 1.165) is 28.0 Å². The molecule has 0 fully saturated rings. The van der Waals surface area contributed by atoms with Gasteiger partial charge in [-0.1, -0.05) is 0 Å². The minimum Gasteiger partial charge on any atom is -0.497 e. The fraction of sp³-hybridized carbons (Fsp3) is 0.267. The van der Waals surface area contributed by atoms with Crippen molar-refractivity contribution in [2.24, 2.45) is 0 Å². The normalized spacial score (nSPS) is 12.7. The highest BCUT2D eigenvalue weighted by Gasteiger charge is 2.12. The van der Waals surface area contributed by atoms with Crippen molar-refractivity contribution in [1.29, 1.82) is 0 Å². The Balaban J connectivity index is 2.05. The van der Waals surface area contributed by atoms with E-state index in [9.17, 15) is 0 Å². The van der Waals surface area contributed by atoms with Crippen LogP contribution in [-0.2, 0) is 6.42 Å². The monoisotopic (exact) mass is 304 g/mol. The van der Waals surface area contributed by atoms with Gasteiger partial charge in [-0.05, 0) is 60.1 Å². The number of H-pyrrole nitrogens is 1. The average molecular weight is 304 g/mol. The highest BCUT2D eigenvalue weighted by molar-refractivity contribution is 7.71. The molecule has 0 saturated carbocycles. The van der Waals surface area contributed by atoms with Crippen LogP contribution in [0.2, 0.25) is 0 Å². The summed E-state index contributed by atoms with van der Waals surface area (Å²) < 4.78 is 8.24. The molecule has 104 valence electrons. The predicted octanol–water partition coefficient (Wildman–Crippen LogP) is 4.57. The molecule has 0 aliphatic rings. The standard InChI is InChI=1S/C15H16N2OS2/c1-10(7-11-5-6-20-9-11)17-14-8-12(18-2)3-4-13(14)16-15(17)19/h3-6,8-10H,7H2,1-2H3,(H,16,19). The molecule has 0 radical (unpaired) electrons. The number of methoxy groups -OCH3 is 1. The second-order valence-electron chi connectivity index (χ2n) is 4.87. The Morgan fingerprint density at radius 2 is 2.25 bits per heavy atom. The highest BCUT2D eigenvalue weighted by atomic mass is 32.1. The molecule has 20 heavy (non-hydrogen) atoms. The van der Waals surface area contributed by atoms with E-state index >= 15 is 0 Å². The molecule has 0 saturated heterocycles. The van der Waals surface area contributed by atoms with Crippen molar-refractivity contribution in [3.05, 3.63) is 45.4 Å². The van der Waals surface area contributed by atoms with Gasteiger partial charge < -0.3 is 14.3 Å². The Hall–Kier alpha value is -1.59. The van der Waals surface area contributed by atoms with E-state index in [1.54, 1.807) is 18.4 Å². The maximum Gasteiger partial charge on any atom is 0.178 e. The Morgan fingerprint density at radius 3 is 2.95 bits per heavy atom. The lowest BCUT2D eigenvalue weighted by Gasteiger charge is -2.14. The molecule has 0 aliphatic heterocycles. The van der Waals surface area contributed by atoms with Gasteiger partial charge in [-0.2, -0.15) is 11.3 Å². The zero-order chi connectivity index (χ0) is 14.1. The third-order valence-electron chi connectivity index (χ3n) is 3.48. The Kier molecular flexibility index (Phi) is 3.63. The molecule has 5 heteroatoms. The molecule has 2 aromatic heterocycles. The number of nitrogens with one attached hydrogen (secondary N) is 1. The molecular formula is C15H16N2OS2. The molecule has 2 heterocycles. The minimum absolute atomic E-state index is 0.304. The van der Waals surface area contributed by atoms with Crippen LogP contribution in [0.15, 0.2) is 35.0 Å². The van der Waals surface area contributed by atoms with E-state index in [0.29, 0.717) is 6.04 Å². The molecule has 1 N–H and O–H groups in total. The van der Waals surface area contributed by atoms with Crippen LogP contribution in [0.4, 0.5) is 0 Å². The van der Waals surface area contributed by atoms with E-state index < -0.39 is 0 Å². The molecular weight excluding hydrogens is 288 g/mol. The van der Waals surface area contributed by atoms with Crippen LogP contribution >= 0.6 is 23.6 Å². The van der Waals surface area contributed by atoms with Crippen LogP contribution in [0.5, 0.6) is 5.75 Å². The molecule has 0 bridgehead atoms. The lowest BCUT2D eigenvalue weighted by atomic mass is 10.1. The molecule has 3 aromatic rings. The van der Waals surface area contributed by atoms with Crippen molar-refractivity contribution >= 4 is 34.6 Å². The minimum atomic E-state index is 0.304. The van der Waals surface area contributed by atoms with Crippen LogP contribution in [0.3, 0.4) is 0 Å². The molecule has 0 spiro atoms. The van der Waals surface area contributed by atoms with Crippen LogP contribution in [-0.4, -0.2) is 16.7 Å². The predicted molar refractivity (Wildman–Crippen MR) is 86.4 cm³/mol. The lowest BCUT2D eigenvalue weighted by Crippen LogP contribution is -2.07. The van der Waals surface area contributed by atoms with E-state index in [1.807, 2.05) is 18.2 Å². The molecule has 1 atom stereocenters. The van der Waals surface area contributed by atoms with Crippen LogP contribution in [0.1, 0.15) is 18.5 Å². The molecule has 1 aromatic carbocycles. The number of imidazole rings is 1. The van der Waals surface area contributed by atoms with Gasteiger partial charge in [0.2, 0.25) is 0 Å². The van der Waals surface area contributed by atoms with Gasteiger partial charge in [0.1, 0.15) is 5.75 Å². The Labute approximate surface area is 126 Å². The van der Waals surface area contributed by atoms with E-state index in [4.69, 9.17) is 17.0 Å². The van der Waals surface area contributed by atoms with Crippen LogP contribution < -0.4 is 4.74 Å². The number of hydrogen-bond acceptors (Lipinski definition) is 3. The maximum absolute atomic E-state index is 5.47. The van der Waals surface area contributed by atoms with E-state index in [2.05, 4.69) is 33.3 Å². The topological polar surface area (TPSA) is 29.9 Å². The number of aromatic nitrogens is 2. The van der Waals surface area contributed by atoms with Gasteiger partial charge in [0.25, 0.3) is 0 Å². The van der Waals surface area contributed by atoms with Crippen molar-refractivity contribution < 1.29 is 4.74 Å². The van der Waals surface area contributed by atoms with Gasteiger partial charge in [-0.3, -0.25) is 0 Å². The summed E-state index contributed by atoms with van der Waals surface area (Å²) in [7, 11) is 1.68. The fourth-order valence-electron chi connectivity index (χ4n) is 2.51. The van der Waals surface area contributed by atoms with Gasteiger partial charge in [-0.25, -0.2) is 0 Å². The molecule has 3 rings (SSSR count). The highest BCUT2D eigenvalue weighted by Crippen LogP contribution is 2.25. The first kappa shape index (κ1) is 13.4. The summed E-state index contributed by atoms with van der Waals surface area (Å²) in [5.41, 5.74) is 3.49. The summed E-state index contributed by atoms with van der Waals surface area (Å²) in [4.78, 5) is 3.26. The Morgan fingerprint density at radius 1 is 1.40 bits per heavy atom. The van der Waals surface area contributed by atoms with Gasteiger partial charge in [0.05, 0.1) is 18.1 Å². The van der Waals surface area contributed by atoms with Gasteiger partial charge >= 0.3 is 0 Å². The third-order valence-corrected chi connectivity index (χ3v) is 4.51. The summed E-state index contributed by atoms with van der Waals surface area (Å²) in [5.74, 6) is 0.850. The van der Waals surface area contributed by atoms with E-state index in [-0.39, 0.29) is 0 Å². The van der Waals surface area contributed by atoms with Crippen molar-refractivity contribution in [3.8, 4) is 5.75 Å². The second kappa shape index (κ2) is 5.42. The zero-order valence-electron chi connectivity index (χ0n) is 11.4. The van der Waals surface area contributed by atoms with Crippen LogP contribution in [0, 0.1) is 4.77 Å². The van der Waals surface area contributed by atoms with Crippen molar-refractivity contribution in [3.63, 3.8) is 0 Å². The van der Waals surface area contributed by atoms with Crippen LogP contribution in [0.25, 0.3) is 11.0 Å². The summed E-state index contributed by atoms with van der Waals surface area (Å²) in [6.45, 7) is 2.19. The number of nitrogens with zero attached hydrogens (tertiary/aromatic N) is 1. The van der Waals surface area contributed by atoms with Gasteiger partial charge in [0.15, 0.2) is 4.77 Å². The Bertz CT molecular complexity index is 771. The smallest absolute Gasteiger partial charge is 0.178 e. The SMILES string of the molecule is COc1ccc2[nH]c(=S)n(C(C)Cc3ccsc3)c2c1.